The molecule has 0 aromatic heterocycles. The van der Waals surface area contributed by atoms with Crippen molar-refractivity contribution in [2.75, 3.05) is 42.5 Å². The highest BCUT2D eigenvalue weighted by molar-refractivity contribution is 6.06. The van der Waals surface area contributed by atoms with Crippen molar-refractivity contribution in [3.63, 3.8) is 0 Å². The number of hydrogen-bond acceptors (Lipinski definition) is 3. The van der Waals surface area contributed by atoms with Crippen LogP contribution in [0.3, 0.4) is 0 Å². The molecule has 0 unspecified atom stereocenters. The summed E-state index contributed by atoms with van der Waals surface area (Å²) in [6, 6.07) is 16.7. The number of carbonyl (C=O) groups excluding carboxylic acids is 1. The number of carboxylic acid groups (broad SMARTS) is 1. The summed E-state index contributed by atoms with van der Waals surface area (Å²) in [4.78, 5) is 29.7. The van der Waals surface area contributed by atoms with Crippen molar-refractivity contribution < 1.29 is 14.7 Å². The summed E-state index contributed by atoms with van der Waals surface area (Å²) in [5.74, 6) is -0.165. The molecule has 6 nitrogen and oxygen atoms in total. The van der Waals surface area contributed by atoms with Gasteiger partial charge in [0.25, 0.3) is 0 Å². The quantitative estimate of drug-likeness (QED) is 0.690. The van der Waals surface area contributed by atoms with E-state index in [0.29, 0.717) is 19.0 Å². The van der Waals surface area contributed by atoms with Gasteiger partial charge in [-0.2, -0.15) is 0 Å². The van der Waals surface area contributed by atoms with Gasteiger partial charge in [-0.3, -0.25) is 19.5 Å². The van der Waals surface area contributed by atoms with Crippen LogP contribution >= 0.6 is 0 Å². The lowest BCUT2D eigenvalue weighted by Crippen LogP contribution is -2.37. The fourth-order valence-electron chi connectivity index (χ4n) is 4.84. The Bertz CT molecular complexity index is 971. The predicted molar refractivity (Wildman–Crippen MR) is 132 cm³/mol. The number of carbonyl (C=O) groups is 2. The molecule has 2 heterocycles. The van der Waals surface area contributed by atoms with Gasteiger partial charge < -0.3 is 5.11 Å². The SMILES string of the molecule is CC(C)(C)c1ccc(N2CCN(c3ccc(CC4CCN(CC(=O)O)CC4)cc3)C2=O)cc1. The van der Waals surface area contributed by atoms with Gasteiger partial charge in [-0.05, 0) is 79.1 Å². The zero-order chi connectivity index (χ0) is 23.6. The minimum Gasteiger partial charge on any atom is -0.480 e. The third-order valence-corrected chi connectivity index (χ3v) is 6.89. The number of anilines is 2. The van der Waals surface area contributed by atoms with Crippen molar-refractivity contribution in [2.45, 2.75) is 45.4 Å². The number of urea groups is 1. The van der Waals surface area contributed by atoms with E-state index in [-0.39, 0.29) is 18.0 Å². The van der Waals surface area contributed by atoms with Gasteiger partial charge in [0.2, 0.25) is 0 Å². The zero-order valence-electron chi connectivity index (χ0n) is 20.0. The smallest absolute Gasteiger partial charge is 0.329 e. The van der Waals surface area contributed by atoms with E-state index in [1.54, 1.807) is 0 Å². The summed E-state index contributed by atoms with van der Waals surface area (Å²) in [5.41, 5.74) is 4.52. The Labute approximate surface area is 196 Å². The van der Waals surface area contributed by atoms with Crippen LogP contribution < -0.4 is 9.80 Å². The average Bonchev–Trinajstić information content (AvgIpc) is 3.16. The Morgan fingerprint density at radius 3 is 1.88 bits per heavy atom. The molecule has 0 atom stereocenters. The minimum atomic E-state index is -0.749. The monoisotopic (exact) mass is 449 g/mol. The van der Waals surface area contributed by atoms with Gasteiger partial charge in [-0.1, -0.05) is 45.0 Å². The summed E-state index contributed by atoms with van der Waals surface area (Å²) in [5, 5.41) is 8.95. The number of piperidine rings is 1. The van der Waals surface area contributed by atoms with E-state index >= 15 is 0 Å². The first-order chi connectivity index (χ1) is 15.7. The minimum absolute atomic E-state index is 0.0251. The Hall–Kier alpha value is -2.86. The number of hydrogen-bond donors (Lipinski definition) is 1. The summed E-state index contributed by atoms with van der Waals surface area (Å²) in [6.45, 7) is 9.78. The number of aliphatic carboxylic acids is 1. The van der Waals surface area contributed by atoms with Gasteiger partial charge in [0.15, 0.2) is 0 Å². The van der Waals surface area contributed by atoms with Gasteiger partial charge in [0.1, 0.15) is 0 Å². The summed E-state index contributed by atoms with van der Waals surface area (Å²) in [6.07, 6.45) is 3.06. The molecule has 2 amide bonds. The molecule has 2 aliphatic rings. The Kier molecular flexibility index (Phi) is 6.75. The maximum atomic E-state index is 13.1. The highest BCUT2D eigenvalue weighted by Gasteiger charge is 2.31. The maximum absolute atomic E-state index is 13.1. The van der Waals surface area contributed by atoms with Gasteiger partial charge in [-0.25, -0.2) is 4.79 Å². The van der Waals surface area contributed by atoms with Gasteiger partial charge in [0.05, 0.1) is 6.54 Å². The largest absolute Gasteiger partial charge is 0.480 e. The van der Waals surface area contributed by atoms with E-state index in [1.165, 1.54) is 11.1 Å². The van der Waals surface area contributed by atoms with E-state index in [2.05, 4.69) is 57.2 Å². The molecule has 0 aliphatic carbocycles. The normalized spacial score (nSPS) is 18.2. The van der Waals surface area contributed by atoms with Crippen LogP contribution in [0, 0.1) is 5.92 Å². The first-order valence-corrected chi connectivity index (χ1v) is 11.9. The molecule has 0 radical (unpaired) electrons. The lowest BCUT2D eigenvalue weighted by molar-refractivity contribution is -0.138. The van der Waals surface area contributed by atoms with E-state index in [4.69, 9.17) is 5.11 Å². The third kappa shape index (κ3) is 5.56. The van der Waals surface area contributed by atoms with Crippen molar-refractivity contribution in [3.8, 4) is 0 Å². The molecule has 0 bridgehead atoms. The Morgan fingerprint density at radius 2 is 1.39 bits per heavy atom. The summed E-state index contributed by atoms with van der Waals surface area (Å²) in [7, 11) is 0. The second-order valence-electron chi connectivity index (χ2n) is 10.4. The summed E-state index contributed by atoms with van der Waals surface area (Å²) < 4.78 is 0. The highest BCUT2D eigenvalue weighted by Crippen LogP contribution is 2.29. The number of benzene rings is 2. The second kappa shape index (κ2) is 9.56. The molecule has 0 spiro atoms. The van der Waals surface area contributed by atoms with Gasteiger partial charge >= 0.3 is 12.0 Å². The van der Waals surface area contributed by atoms with Crippen molar-refractivity contribution >= 4 is 23.4 Å². The number of nitrogens with zero attached hydrogens (tertiary/aromatic N) is 3. The lowest BCUT2D eigenvalue weighted by atomic mass is 9.87. The van der Waals surface area contributed by atoms with Crippen molar-refractivity contribution in [1.82, 2.24) is 4.90 Å². The molecule has 0 saturated carbocycles. The van der Waals surface area contributed by atoms with Crippen molar-refractivity contribution in [3.05, 3.63) is 59.7 Å². The van der Waals surface area contributed by atoms with Crippen LogP contribution in [0.25, 0.3) is 0 Å². The van der Waals surface area contributed by atoms with E-state index in [0.717, 1.165) is 43.7 Å². The molecule has 4 rings (SSSR count). The zero-order valence-corrected chi connectivity index (χ0v) is 20.0. The van der Waals surface area contributed by atoms with Crippen LogP contribution in [0.2, 0.25) is 0 Å². The number of carboxylic acids is 1. The third-order valence-electron chi connectivity index (χ3n) is 6.89. The molecule has 2 fully saturated rings. The van der Waals surface area contributed by atoms with Crippen LogP contribution in [-0.2, 0) is 16.6 Å². The average molecular weight is 450 g/mol. The van der Waals surface area contributed by atoms with Crippen LogP contribution in [0.4, 0.5) is 16.2 Å². The van der Waals surface area contributed by atoms with Gasteiger partial charge in [-0.15, -0.1) is 0 Å². The molecule has 6 heteroatoms. The molecule has 2 aliphatic heterocycles. The first-order valence-electron chi connectivity index (χ1n) is 11.9. The van der Waals surface area contributed by atoms with Gasteiger partial charge in [0, 0.05) is 24.5 Å². The predicted octanol–water partition coefficient (Wildman–Crippen LogP) is 4.77. The molecule has 1 N–H and O–H groups in total. The van der Waals surface area contributed by atoms with Crippen LogP contribution in [0.15, 0.2) is 48.5 Å². The standard InChI is InChI=1S/C27H35N3O3/c1-27(2,3)22-6-10-24(11-7-22)30-17-16-29(26(30)33)23-8-4-20(5-9-23)18-21-12-14-28(15-13-21)19-25(31)32/h4-11,21H,12-19H2,1-3H3,(H,31,32). The summed E-state index contributed by atoms with van der Waals surface area (Å²) >= 11 is 0. The van der Waals surface area contributed by atoms with Crippen LogP contribution in [0.1, 0.15) is 44.7 Å². The Balaban J connectivity index is 1.34. The number of rotatable bonds is 6. The fourth-order valence-corrected chi connectivity index (χ4v) is 4.84. The molecule has 2 aromatic rings. The molecule has 176 valence electrons. The highest BCUT2D eigenvalue weighted by atomic mass is 16.4. The molecular formula is C27H35N3O3. The topological polar surface area (TPSA) is 64.1 Å². The lowest BCUT2D eigenvalue weighted by Gasteiger charge is -2.30. The molecule has 33 heavy (non-hydrogen) atoms. The number of likely N-dealkylation sites (tertiary alicyclic amines) is 1. The maximum Gasteiger partial charge on any atom is 0.329 e. The molecule has 2 aromatic carbocycles. The fraction of sp³-hybridized carbons (Fsp3) is 0.481. The Morgan fingerprint density at radius 1 is 0.879 bits per heavy atom. The van der Waals surface area contributed by atoms with Crippen molar-refractivity contribution in [1.29, 1.82) is 0 Å². The second-order valence-corrected chi connectivity index (χ2v) is 10.4. The van der Waals surface area contributed by atoms with Crippen LogP contribution in [-0.4, -0.2) is 54.7 Å². The first kappa shape index (κ1) is 23.3. The number of amides is 2. The van der Waals surface area contributed by atoms with Crippen LogP contribution in [0.5, 0.6) is 0 Å². The van der Waals surface area contributed by atoms with E-state index in [1.807, 2.05) is 26.8 Å². The van der Waals surface area contributed by atoms with Crippen molar-refractivity contribution in [2.24, 2.45) is 5.92 Å². The van der Waals surface area contributed by atoms with E-state index in [9.17, 15) is 9.59 Å². The molecular weight excluding hydrogens is 414 g/mol. The molecule has 2 saturated heterocycles. The van der Waals surface area contributed by atoms with E-state index < -0.39 is 5.97 Å².